The van der Waals surface area contributed by atoms with Gasteiger partial charge in [-0.15, -0.1) is 5.10 Å². The van der Waals surface area contributed by atoms with E-state index in [0.717, 1.165) is 55.0 Å². The lowest BCUT2D eigenvalue weighted by atomic mass is 9.91. The van der Waals surface area contributed by atoms with Crippen LogP contribution in [0.25, 0.3) is 5.69 Å². The molecular weight excluding hydrogens is 466 g/mol. The van der Waals surface area contributed by atoms with Crippen LogP contribution in [0.4, 0.5) is 16.2 Å². The van der Waals surface area contributed by atoms with Crippen LogP contribution < -0.4 is 15.5 Å². The van der Waals surface area contributed by atoms with Crippen molar-refractivity contribution in [3.8, 4) is 5.69 Å². The Labute approximate surface area is 217 Å². The first kappa shape index (κ1) is 24.8. The van der Waals surface area contributed by atoms with Crippen LogP contribution in [0.3, 0.4) is 0 Å². The highest BCUT2D eigenvalue weighted by molar-refractivity contribution is 5.95. The van der Waals surface area contributed by atoms with E-state index in [0.29, 0.717) is 18.7 Å². The molecule has 0 spiro atoms. The molecule has 1 fully saturated rings. The lowest BCUT2D eigenvalue weighted by Crippen LogP contribution is -2.44. The maximum absolute atomic E-state index is 12.6. The minimum atomic E-state index is -0.0366. The maximum atomic E-state index is 12.6. The SMILES string of the molecule is CCC(=O)N1c2ccccc2[C@H](Nc2ccc(-n3cc(CNC(=O)N4CCCCC4)nn3)cc2)C[C@@H]1C. The molecule has 2 aliphatic rings. The molecule has 194 valence electrons. The molecule has 3 amide bonds. The Balaban J connectivity index is 1.23. The Morgan fingerprint density at radius 3 is 2.54 bits per heavy atom. The highest BCUT2D eigenvalue weighted by Crippen LogP contribution is 2.39. The van der Waals surface area contributed by atoms with Crippen LogP contribution in [-0.2, 0) is 11.3 Å². The van der Waals surface area contributed by atoms with Gasteiger partial charge in [-0.1, -0.05) is 30.3 Å². The number of rotatable bonds is 6. The first-order chi connectivity index (χ1) is 18.0. The number of carbonyl (C=O) groups excluding carboxylic acids is 2. The number of carbonyl (C=O) groups is 2. The van der Waals surface area contributed by atoms with E-state index in [1.165, 1.54) is 6.42 Å². The summed E-state index contributed by atoms with van der Waals surface area (Å²) in [5, 5.41) is 15.1. The van der Waals surface area contributed by atoms with Gasteiger partial charge in [0.15, 0.2) is 0 Å². The predicted molar refractivity (Wildman–Crippen MR) is 144 cm³/mol. The summed E-state index contributed by atoms with van der Waals surface area (Å²) in [5.74, 6) is 0.154. The third-order valence-corrected chi connectivity index (χ3v) is 7.24. The second-order valence-electron chi connectivity index (χ2n) is 9.87. The van der Waals surface area contributed by atoms with Gasteiger partial charge in [-0.25, -0.2) is 9.48 Å². The molecule has 0 radical (unpaired) electrons. The molecule has 9 nitrogen and oxygen atoms in total. The summed E-state index contributed by atoms with van der Waals surface area (Å²) in [7, 11) is 0. The van der Waals surface area contributed by atoms with Crippen LogP contribution in [0.15, 0.2) is 54.7 Å². The average Bonchev–Trinajstić information content (AvgIpc) is 3.41. The van der Waals surface area contributed by atoms with Crippen molar-refractivity contribution in [3.05, 3.63) is 66.0 Å². The van der Waals surface area contributed by atoms with Gasteiger partial charge in [-0.05, 0) is 68.5 Å². The fourth-order valence-electron chi connectivity index (χ4n) is 5.29. The summed E-state index contributed by atoms with van der Waals surface area (Å²) in [6, 6.07) is 16.4. The summed E-state index contributed by atoms with van der Waals surface area (Å²) >= 11 is 0. The standard InChI is InChI=1S/C28H35N7O2/c1-3-27(36)35-20(2)17-25(24-9-5-6-10-26(24)35)30-21-11-13-23(14-12-21)34-19-22(31-32-34)18-29-28(37)33-15-7-4-8-16-33/h5-6,9-14,19-20,25,30H,3-4,7-8,15-18H2,1-2H3,(H,29,37)/t20-,25+/m0/s1. The van der Waals surface area contributed by atoms with Crippen molar-refractivity contribution in [1.29, 1.82) is 0 Å². The highest BCUT2D eigenvalue weighted by atomic mass is 16.2. The number of amides is 3. The van der Waals surface area contributed by atoms with E-state index in [-0.39, 0.29) is 24.0 Å². The van der Waals surface area contributed by atoms with Gasteiger partial charge in [-0.2, -0.15) is 0 Å². The summed E-state index contributed by atoms with van der Waals surface area (Å²) < 4.78 is 1.72. The van der Waals surface area contributed by atoms with Gasteiger partial charge < -0.3 is 20.4 Å². The summed E-state index contributed by atoms with van der Waals surface area (Å²) in [6.45, 7) is 6.01. The van der Waals surface area contributed by atoms with Crippen molar-refractivity contribution in [1.82, 2.24) is 25.2 Å². The summed E-state index contributed by atoms with van der Waals surface area (Å²) in [4.78, 5) is 28.7. The molecule has 9 heteroatoms. The Morgan fingerprint density at radius 1 is 1.03 bits per heavy atom. The molecule has 0 bridgehead atoms. The van der Waals surface area contributed by atoms with E-state index in [4.69, 9.17) is 0 Å². The molecule has 3 heterocycles. The normalized spacial score (nSPS) is 19.3. The van der Waals surface area contributed by atoms with Crippen molar-refractivity contribution >= 4 is 23.3 Å². The van der Waals surface area contributed by atoms with Gasteiger partial charge in [0, 0.05) is 36.9 Å². The quantitative estimate of drug-likeness (QED) is 0.513. The molecule has 2 aromatic carbocycles. The Hall–Kier alpha value is -3.88. The zero-order valence-electron chi connectivity index (χ0n) is 21.6. The Kier molecular flexibility index (Phi) is 7.39. The van der Waals surface area contributed by atoms with Crippen molar-refractivity contribution in [2.45, 2.75) is 64.6 Å². The number of piperidine rings is 1. The van der Waals surface area contributed by atoms with Crippen LogP contribution >= 0.6 is 0 Å². The van der Waals surface area contributed by atoms with Crippen LogP contribution in [0, 0.1) is 0 Å². The molecular formula is C28H35N7O2. The molecule has 0 aliphatic carbocycles. The first-order valence-electron chi connectivity index (χ1n) is 13.3. The van der Waals surface area contributed by atoms with Crippen molar-refractivity contribution in [3.63, 3.8) is 0 Å². The first-order valence-corrected chi connectivity index (χ1v) is 13.3. The number of fused-ring (bicyclic) bond motifs is 1. The summed E-state index contributed by atoms with van der Waals surface area (Å²) in [6.07, 6.45) is 6.50. The van der Waals surface area contributed by atoms with Crippen LogP contribution in [0.1, 0.15) is 63.3 Å². The Morgan fingerprint density at radius 2 is 1.78 bits per heavy atom. The van der Waals surface area contributed by atoms with Crippen molar-refractivity contribution in [2.24, 2.45) is 0 Å². The van der Waals surface area contributed by atoms with Crippen molar-refractivity contribution < 1.29 is 9.59 Å². The van der Waals surface area contributed by atoms with Gasteiger partial charge >= 0.3 is 6.03 Å². The van der Waals surface area contributed by atoms with E-state index < -0.39 is 0 Å². The van der Waals surface area contributed by atoms with Gasteiger partial charge in [0.1, 0.15) is 5.69 Å². The molecule has 2 aliphatic heterocycles. The van der Waals surface area contributed by atoms with Gasteiger partial charge in [0.2, 0.25) is 5.91 Å². The minimum Gasteiger partial charge on any atom is -0.378 e. The average molecular weight is 502 g/mol. The minimum absolute atomic E-state index is 0.0366. The van der Waals surface area contributed by atoms with Crippen molar-refractivity contribution in [2.75, 3.05) is 23.3 Å². The molecule has 3 aromatic rings. The molecule has 5 rings (SSSR count). The number of hydrogen-bond donors (Lipinski definition) is 2. The fraction of sp³-hybridized carbons (Fsp3) is 0.429. The fourth-order valence-corrected chi connectivity index (χ4v) is 5.29. The number of urea groups is 1. The zero-order chi connectivity index (χ0) is 25.8. The van der Waals surface area contributed by atoms with E-state index in [2.05, 4.69) is 33.9 Å². The highest BCUT2D eigenvalue weighted by Gasteiger charge is 2.32. The molecule has 2 N–H and O–H groups in total. The number of likely N-dealkylation sites (tertiary alicyclic amines) is 1. The Bertz CT molecular complexity index is 1230. The third kappa shape index (κ3) is 5.45. The van der Waals surface area contributed by atoms with Gasteiger partial charge in [0.05, 0.1) is 24.5 Å². The smallest absolute Gasteiger partial charge is 0.317 e. The maximum Gasteiger partial charge on any atom is 0.317 e. The number of hydrogen-bond acceptors (Lipinski definition) is 5. The van der Waals surface area contributed by atoms with Crippen LogP contribution in [0.5, 0.6) is 0 Å². The lowest BCUT2D eigenvalue weighted by Gasteiger charge is -2.40. The molecule has 1 aromatic heterocycles. The van der Waals surface area contributed by atoms with E-state index in [9.17, 15) is 9.59 Å². The number of anilines is 2. The largest absolute Gasteiger partial charge is 0.378 e. The van der Waals surface area contributed by atoms with E-state index in [1.807, 2.05) is 65.4 Å². The van der Waals surface area contributed by atoms with Crippen LogP contribution in [-0.4, -0.2) is 51.0 Å². The third-order valence-electron chi connectivity index (χ3n) is 7.24. The van der Waals surface area contributed by atoms with Gasteiger partial charge in [0.25, 0.3) is 0 Å². The molecule has 2 atom stereocenters. The summed E-state index contributed by atoms with van der Waals surface area (Å²) in [5.41, 5.74) is 4.74. The number of nitrogens with one attached hydrogen (secondary N) is 2. The molecule has 0 saturated carbocycles. The lowest BCUT2D eigenvalue weighted by molar-refractivity contribution is -0.118. The number of benzene rings is 2. The number of nitrogens with zero attached hydrogens (tertiary/aromatic N) is 5. The second-order valence-corrected chi connectivity index (χ2v) is 9.87. The number of aromatic nitrogens is 3. The number of para-hydroxylation sites is 1. The topological polar surface area (TPSA) is 95.4 Å². The predicted octanol–water partition coefficient (Wildman–Crippen LogP) is 4.65. The monoisotopic (exact) mass is 501 g/mol. The molecule has 0 unspecified atom stereocenters. The zero-order valence-corrected chi connectivity index (χ0v) is 21.6. The molecule has 37 heavy (non-hydrogen) atoms. The van der Waals surface area contributed by atoms with Gasteiger partial charge in [-0.3, -0.25) is 4.79 Å². The van der Waals surface area contributed by atoms with E-state index in [1.54, 1.807) is 4.68 Å². The van der Waals surface area contributed by atoms with E-state index >= 15 is 0 Å². The van der Waals surface area contributed by atoms with Crippen LogP contribution in [0.2, 0.25) is 0 Å². The molecule has 1 saturated heterocycles. The second kappa shape index (κ2) is 11.0.